The fourth-order valence-corrected chi connectivity index (χ4v) is 3.42. The van der Waals surface area contributed by atoms with Gasteiger partial charge >= 0.3 is 11.9 Å². The molecule has 0 aromatic heterocycles. The Bertz CT molecular complexity index is 805. The van der Waals surface area contributed by atoms with Gasteiger partial charge in [-0.1, -0.05) is 42.5 Å². The molecule has 0 radical (unpaired) electrons. The standard InChI is InChI=1S/C20H19NO5/c1-13(22)25-16-9-7-15(8-10-16)19-11-17-20(23)24-12-18(21(17)26-19)14-5-3-2-4-6-14/h2-10,17-19H,11-12H2,1H3/t17-,18+,19?/m0/s1. The zero-order chi connectivity index (χ0) is 18.1. The molecular weight excluding hydrogens is 334 g/mol. The molecule has 1 unspecified atom stereocenters. The molecule has 0 aliphatic carbocycles. The molecule has 0 N–H and O–H groups in total. The molecule has 2 fully saturated rings. The summed E-state index contributed by atoms with van der Waals surface area (Å²) in [5.41, 5.74) is 1.98. The normalized spacial score (nSPS) is 25.4. The number of nitrogens with zero attached hydrogens (tertiary/aromatic N) is 1. The first kappa shape index (κ1) is 16.8. The van der Waals surface area contributed by atoms with Crippen LogP contribution < -0.4 is 4.74 Å². The van der Waals surface area contributed by atoms with Gasteiger partial charge < -0.3 is 9.47 Å². The third-order valence-electron chi connectivity index (χ3n) is 4.65. The fraction of sp³-hybridized carbons (Fsp3) is 0.300. The summed E-state index contributed by atoms with van der Waals surface area (Å²) in [4.78, 5) is 29.4. The topological polar surface area (TPSA) is 65.1 Å². The Hall–Kier alpha value is -2.70. The second-order valence-electron chi connectivity index (χ2n) is 6.42. The predicted octanol–water partition coefficient (Wildman–Crippen LogP) is 2.96. The molecule has 2 aliphatic rings. The summed E-state index contributed by atoms with van der Waals surface area (Å²) in [6, 6.07) is 16.5. The first-order chi connectivity index (χ1) is 12.6. The number of hydroxylamine groups is 2. The van der Waals surface area contributed by atoms with Crippen molar-refractivity contribution in [1.29, 1.82) is 0 Å². The van der Waals surface area contributed by atoms with E-state index in [0.717, 1.165) is 11.1 Å². The van der Waals surface area contributed by atoms with Gasteiger partial charge in [0.2, 0.25) is 0 Å². The van der Waals surface area contributed by atoms with E-state index in [9.17, 15) is 9.59 Å². The van der Waals surface area contributed by atoms with Gasteiger partial charge in [-0.15, -0.1) is 0 Å². The number of carbonyl (C=O) groups excluding carboxylic acids is 2. The van der Waals surface area contributed by atoms with E-state index in [1.807, 2.05) is 42.5 Å². The summed E-state index contributed by atoms with van der Waals surface area (Å²) in [5, 5.41) is 1.77. The number of hydrogen-bond donors (Lipinski definition) is 0. The Morgan fingerprint density at radius 3 is 2.46 bits per heavy atom. The van der Waals surface area contributed by atoms with Gasteiger partial charge in [-0.2, -0.15) is 5.06 Å². The minimum Gasteiger partial charge on any atom is -0.462 e. The summed E-state index contributed by atoms with van der Waals surface area (Å²) in [6.45, 7) is 1.64. The molecular formula is C20H19NO5. The van der Waals surface area contributed by atoms with Gasteiger partial charge in [0.1, 0.15) is 24.5 Å². The highest BCUT2D eigenvalue weighted by molar-refractivity contribution is 5.77. The van der Waals surface area contributed by atoms with E-state index in [1.54, 1.807) is 17.2 Å². The Morgan fingerprint density at radius 2 is 1.77 bits per heavy atom. The minimum atomic E-state index is -0.424. The lowest BCUT2D eigenvalue weighted by Crippen LogP contribution is -2.46. The largest absolute Gasteiger partial charge is 0.462 e. The third kappa shape index (κ3) is 3.21. The van der Waals surface area contributed by atoms with Crippen LogP contribution in [0.2, 0.25) is 0 Å². The van der Waals surface area contributed by atoms with Crippen LogP contribution >= 0.6 is 0 Å². The van der Waals surface area contributed by atoms with E-state index in [2.05, 4.69) is 0 Å². The molecule has 3 atom stereocenters. The number of esters is 2. The second kappa shape index (κ2) is 6.90. The second-order valence-corrected chi connectivity index (χ2v) is 6.42. The van der Waals surface area contributed by atoms with Crippen molar-refractivity contribution in [2.24, 2.45) is 0 Å². The van der Waals surface area contributed by atoms with Gasteiger partial charge in [0, 0.05) is 13.3 Å². The van der Waals surface area contributed by atoms with Crippen molar-refractivity contribution in [2.45, 2.75) is 31.5 Å². The molecule has 0 spiro atoms. The molecule has 26 heavy (non-hydrogen) atoms. The van der Waals surface area contributed by atoms with Gasteiger partial charge in [-0.25, -0.2) is 0 Å². The Balaban J connectivity index is 1.54. The highest BCUT2D eigenvalue weighted by Gasteiger charge is 2.47. The Labute approximate surface area is 151 Å². The van der Waals surface area contributed by atoms with Gasteiger partial charge in [-0.3, -0.25) is 14.4 Å². The number of morpholine rings is 1. The average Bonchev–Trinajstić information content (AvgIpc) is 3.09. The SMILES string of the molecule is CC(=O)Oc1ccc(C2C[C@H]3C(=O)OC[C@H](c4ccccc4)N3O2)cc1. The predicted molar refractivity (Wildman–Crippen MR) is 92.0 cm³/mol. The molecule has 0 bridgehead atoms. The lowest BCUT2D eigenvalue weighted by Gasteiger charge is -2.34. The summed E-state index contributed by atoms with van der Waals surface area (Å²) in [7, 11) is 0. The Morgan fingerprint density at radius 1 is 1.04 bits per heavy atom. The van der Waals surface area contributed by atoms with Crippen LogP contribution in [-0.4, -0.2) is 29.7 Å². The van der Waals surface area contributed by atoms with Gasteiger partial charge in [0.25, 0.3) is 0 Å². The number of benzene rings is 2. The smallest absolute Gasteiger partial charge is 0.325 e. The number of cyclic esters (lactones) is 1. The van der Waals surface area contributed by atoms with Crippen LogP contribution in [-0.2, 0) is 19.2 Å². The van der Waals surface area contributed by atoms with Crippen LogP contribution in [0, 0.1) is 0 Å². The zero-order valence-corrected chi connectivity index (χ0v) is 14.3. The van der Waals surface area contributed by atoms with E-state index >= 15 is 0 Å². The monoisotopic (exact) mass is 353 g/mol. The summed E-state index contributed by atoms with van der Waals surface area (Å²) in [6.07, 6.45) is 0.276. The molecule has 6 heteroatoms. The maximum absolute atomic E-state index is 12.2. The van der Waals surface area contributed by atoms with Crippen LogP contribution in [0.3, 0.4) is 0 Å². The van der Waals surface area contributed by atoms with Crippen molar-refractivity contribution in [2.75, 3.05) is 6.61 Å². The first-order valence-electron chi connectivity index (χ1n) is 8.57. The van der Waals surface area contributed by atoms with Crippen LogP contribution in [0.25, 0.3) is 0 Å². The van der Waals surface area contributed by atoms with Gasteiger partial charge in [-0.05, 0) is 23.3 Å². The zero-order valence-electron chi connectivity index (χ0n) is 14.3. The van der Waals surface area contributed by atoms with Crippen molar-refractivity contribution >= 4 is 11.9 Å². The van der Waals surface area contributed by atoms with E-state index in [-0.39, 0.29) is 30.7 Å². The highest BCUT2D eigenvalue weighted by atomic mass is 16.7. The molecule has 2 aromatic carbocycles. The van der Waals surface area contributed by atoms with E-state index in [0.29, 0.717) is 12.2 Å². The maximum Gasteiger partial charge on any atom is 0.325 e. The minimum absolute atomic E-state index is 0.121. The number of ether oxygens (including phenoxy) is 2. The van der Waals surface area contributed by atoms with Gasteiger partial charge in [0.05, 0.1) is 6.04 Å². The van der Waals surface area contributed by atoms with Crippen LogP contribution in [0.4, 0.5) is 0 Å². The molecule has 0 amide bonds. The molecule has 2 heterocycles. The lowest BCUT2D eigenvalue weighted by molar-refractivity contribution is -0.228. The Kier molecular flexibility index (Phi) is 4.44. The molecule has 0 saturated carbocycles. The van der Waals surface area contributed by atoms with Crippen molar-refractivity contribution in [1.82, 2.24) is 5.06 Å². The number of rotatable bonds is 3. The fourth-order valence-electron chi connectivity index (χ4n) is 3.42. The number of carbonyl (C=O) groups is 2. The molecule has 134 valence electrons. The summed E-state index contributed by atoms with van der Waals surface area (Å²) < 4.78 is 10.4. The lowest BCUT2D eigenvalue weighted by atomic mass is 10.00. The van der Waals surface area contributed by atoms with E-state index in [1.165, 1.54) is 6.92 Å². The van der Waals surface area contributed by atoms with Gasteiger partial charge in [0.15, 0.2) is 0 Å². The van der Waals surface area contributed by atoms with Crippen LogP contribution in [0.1, 0.15) is 36.6 Å². The van der Waals surface area contributed by atoms with Crippen molar-refractivity contribution in [3.63, 3.8) is 0 Å². The summed E-state index contributed by atoms with van der Waals surface area (Å²) >= 11 is 0. The van der Waals surface area contributed by atoms with E-state index in [4.69, 9.17) is 14.3 Å². The molecule has 2 saturated heterocycles. The maximum atomic E-state index is 12.2. The van der Waals surface area contributed by atoms with Crippen LogP contribution in [0.5, 0.6) is 5.75 Å². The molecule has 2 aliphatic heterocycles. The molecule has 2 aromatic rings. The number of fused-ring (bicyclic) bond motifs is 1. The van der Waals surface area contributed by atoms with Crippen molar-refractivity contribution in [3.05, 3.63) is 65.7 Å². The average molecular weight is 353 g/mol. The van der Waals surface area contributed by atoms with E-state index < -0.39 is 6.04 Å². The summed E-state index contributed by atoms with van der Waals surface area (Å²) in [5.74, 6) is -0.129. The quantitative estimate of drug-likeness (QED) is 0.624. The first-order valence-corrected chi connectivity index (χ1v) is 8.57. The highest BCUT2D eigenvalue weighted by Crippen LogP contribution is 2.41. The van der Waals surface area contributed by atoms with Crippen molar-refractivity contribution < 1.29 is 23.9 Å². The molecule has 4 rings (SSSR count). The van der Waals surface area contributed by atoms with Crippen molar-refractivity contribution in [3.8, 4) is 5.75 Å². The third-order valence-corrected chi connectivity index (χ3v) is 4.65. The molecule has 6 nitrogen and oxygen atoms in total. The van der Waals surface area contributed by atoms with Crippen LogP contribution in [0.15, 0.2) is 54.6 Å². The number of hydrogen-bond acceptors (Lipinski definition) is 6.